The number of aryl methyl sites for hydroxylation is 1. The number of halogens is 2. The maximum absolute atomic E-state index is 15.8. The van der Waals surface area contributed by atoms with E-state index < -0.39 is 29.6 Å². The smallest absolute Gasteiger partial charge is 0.270 e. The molecule has 3 aromatic heterocycles. The number of thiazole rings is 1. The quantitative estimate of drug-likeness (QED) is 0.225. The highest BCUT2D eigenvalue weighted by atomic mass is 35.5. The Kier molecular flexibility index (Phi) is 7.56. The summed E-state index contributed by atoms with van der Waals surface area (Å²) < 4.78 is 17.5. The summed E-state index contributed by atoms with van der Waals surface area (Å²) in [6.07, 6.45) is 4.40. The second-order valence-corrected chi connectivity index (χ2v) is 13.0. The zero-order valence-corrected chi connectivity index (χ0v) is 26.6. The van der Waals surface area contributed by atoms with Gasteiger partial charge in [-0.2, -0.15) is 5.10 Å². The van der Waals surface area contributed by atoms with E-state index in [2.05, 4.69) is 25.4 Å². The van der Waals surface area contributed by atoms with Crippen molar-refractivity contribution in [3.05, 3.63) is 76.7 Å². The Bertz CT molecular complexity index is 2130. The zero-order chi connectivity index (χ0) is 33.1. The van der Waals surface area contributed by atoms with Gasteiger partial charge >= 0.3 is 0 Å². The van der Waals surface area contributed by atoms with Gasteiger partial charge in [0.15, 0.2) is 22.9 Å². The third-order valence-corrected chi connectivity index (χ3v) is 9.88. The lowest BCUT2D eigenvalue weighted by Crippen LogP contribution is -2.46. The maximum atomic E-state index is 15.8. The molecule has 5 aromatic rings. The van der Waals surface area contributed by atoms with Crippen LogP contribution in [0.25, 0.3) is 32.0 Å². The first kappa shape index (κ1) is 30.6. The molecule has 1 aliphatic carbocycles. The summed E-state index contributed by atoms with van der Waals surface area (Å²) in [7, 11) is 0. The number of piperidine rings is 1. The van der Waals surface area contributed by atoms with Crippen molar-refractivity contribution in [2.24, 2.45) is 11.7 Å². The van der Waals surface area contributed by atoms with Crippen molar-refractivity contribution in [3.8, 4) is 21.7 Å². The largest absolute Gasteiger partial charge is 0.364 e. The van der Waals surface area contributed by atoms with Crippen molar-refractivity contribution in [1.29, 1.82) is 0 Å². The molecule has 1 aliphatic heterocycles. The SMILES string of the molecule is CC(=O)c1ccc(Cl)c(-c2cccc(NC(=O)[C@@H]3C[C@H]4CC4N3C(=O)Cn3nc(C(N)=O)c4sc(-c5cnc(C)nc5)nc43)c2F)c1. The molecule has 0 spiro atoms. The van der Waals surface area contributed by atoms with Crippen LogP contribution in [0.2, 0.25) is 5.02 Å². The molecule has 1 unspecified atom stereocenters. The summed E-state index contributed by atoms with van der Waals surface area (Å²) in [5.74, 6) is -1.89. The summed E-state index contributed by atoms with van der Waals surface area (Å²) >= 11 is 7.54. The molecule has 12 nitrogen and oxygen atoms in total. The maximum Gasteiger partial charge on any atom is 0.270 e. The molecular weight excluding hydrogens is 647 g/mol. The Morgan fingerprint density at radius 2 is 1.87 bits per heavy atom. The number of hydrogen-bond acceptors (Lipinski definition) is 9. The molecule has 15 heteroatoms. The van der Waals surface area contributed by atoms with Crippen molar-refractivity contribution in [2.75, 3.05) is 5.32 Å². The Hall–Kier alpha value is -5.08. The van der Waals surface area contributed by atoms with Crippen LogP contribution in [-0.4, -0.2) is 65.2 Å². The van der Waals surface area contributed by atoms with Crippen LogP contribution < -0.4 is 11.1 Å². The molecule has 3 atom stereocenters. The Balaban J connectivity index is 1.14. The van der Waals surface area contributed by atoms with Crippen molar-refractivity contribution in [3.63, 3.8) is 0 Å². The minimum absolute atomic E-state index is 0.0195. The third kappa shape index (κ3) is 5.52. The second-order valence-electron chi connectivity index (χ2n) is 11.6. The molecule has 4 heterocycles. The number of carbonyl (C=O) groups excluding carboxylic acids is 4. The molecule has 2 aromatic carbocycles. The average Bonchev–Trinajstić information content (AvgIpc) is 3.33. The molecule has 47 heavy (non-hydrogen) atoms. The number of nitrogens with two attached hydrogens (primary N) is 1. The highest BCUT2D eigenvalue weighted by Crippen LogP contribution is 2.48. The number of benzene rings is 2. The van der Waals surface area contributed by atoms with Crippen LogP contribution in [0.4, 0.5) is 10.1 Å². The Morgan fingerprint density at radius 1 is 1.11 bits per heavy atom. The lowest BCUT2D eigenvalue weighted by Gasteiger charge is -2.27. The number of fused-ring (bicyclic) bond motifs is 2. The lowest BCUT2D eigenvalue weighted by molar-refractivity contribution is -0.138. The molecule has 0 radical (unpaired) electrons. The number of ketones is 1. The number of amides is 3. The first-order valence-corrected chi connectivity index (χ1v) is 15.9. The Morgan fingerprint density at radius 3 is 2.60 bits per heavy atom. The van der Waals surface area contributed by atoms with E-state index in [0.29, 0.717) is 44.3 Å². The van der Waals surface area contributed by atoms with E-state index in [4.69, 9.17) is 17.3 Å². The number of rotatable bonds is 8. The predicted octanol–water partition coefficient (Wildman–Crippen LogP) is 4.65. The van der Waals surface area contributed by atoms with Gasteiger partial charge in [-0.05, 0) is 56.9 Å². The van der Waals surface area contributed by atoms with E-state index in [9.17, 15) is 19.2 Å². The van der Waals surface area contributed by atoms with Crippen LogP contribution in [0.5, 0.6) is 0 Å². The summed E-state index contributed by atoms with van der Waals surface area (Å²) in [6.45, 7) is 2.87. The van der Waals surface area contributed by atoms with E-state index >= 15 is 4.39 Å². The minimum Gasteiger partial charge on any atom is -0.364 e. The van der Waals surface area contributed by atoms with Crippen molar-refractivity contribution in [1.82, 2.24) is 29.6 Å². The number of carbonyl (C=O) groups is 4. The summed E-state index contributed by atoms with van der Waals surface area (Å²) in [4.78, 5) is 66.1. The number of aromatic nitrogens is 5. The first-order valence-electron chi connectivity index (χ1n) is 14.7. The normalized spacial score (nSPS) is 18.3. The van der Waals surface area contributed by atoms with Crippen molar-refractivity contribution in [2.45, 2.75) is 45.3 Å². The van der Waals surface area contributed by atoms with Gasteiger partial charge in [0.05, 0.1) is 5.69 Å². The van der Waals surface area contributed by atoms with Gasteiger partial charge in [0.2, 0.25) is 11.8 Å². The molecule has 1 saturated carbocycles. The van der Waals surface area contributed by atoms with E-state index in [-0.39, 0.29) is 46.3 Å². The molecule has 0 bridgehead atoms. The fourth-order valence-corrected chi connectivity index (χ4v) is 7.26. The van der Waals surface area contributed by atoms with E-state index in [1.54, 1.807) is 31.5 Å². The number of Topliss-reactive ketones (excluding diaryl/α,β-unsaturated/α-hetero) is 1. The predicted molar refractivity (Wildman–Crippen MR) is 172 cm³/mol. The standard InChI is InChI=1S/C32H26ClFN8O4S/c1-14(43)16-6-7-21(33)20(8-16)19-4-3-5-22(26(19)34)38-31(46)24-10-17-9-23(17)42(24)25(44)13-41-30-28(27(40-41)29(35)45)47-32(39-30)18-11-36-15(2)37-12-18/h3-8,11-12,17,23-24H,9-10,13H2,1-2H3,(H2,35,45)(H,38,46)/t17-,23?,24+/m1/s1. The lowest BCUT2D eigenvalue weighted by atomic mass is 10.00. The van der Waals surface area contributed by atoms with E-state index in [1.807, 2.05) is 0 Å². The van der Waals surface area contributed by atoms with Crippen LogP contribution in [0, 0.1) is 18.7 Å². The van der Waals surface area contributed by atoms with Crippen LogP contribution >= 0.6 is 22.9 Å². The van der Waals surface area contributed by atoms with Crippen molar-refractivity contribution >= 4 is 62.5 Å². The molecule has 1 saturated heterocycles. The number of likely N-dealkylation sites (tertiary alicyclic amines) is 1. The fraction of sp³-hybridized carbons (Fsp3) is 0.250. The second kappa shape index (κ2) is 11.6. The topological polar surface area (TPSA) is 166 Å². The van der Waals surface area contributed by atoms with Gasteiger partial charge in [-0.3, -0.25) is 19.2 Å². The molecule has 3 amide bonds. The van der Waals surface area contributed by atoms with Crippen molar-refractivity contribution < 1.29 is 23.6 Å². The Labute approximate surface area is 275 Å². The highest BCUT2D eigenvalue weighted by molar-refractivity contribution is 7.22. The summed E-state index contributed by atoms with van der Waals surface area (Å²) in [5.41, 5.74) is 7.23. The third-order valence-electron chi connectivity index (χ3n) is 8.45. The van der Waals surface area contributed by atoms with Crippen LogP contribution in [-0.2, 0) is 16.1 Å². The molecular formula is C32H26ClFN8O4S. The molecule has 7 rings (SSSR count). The highest BCUT2D eigenvalue weighted by Gasteiger charge is 2.56. The molecule has 2 aliphatic rings. The van der Waals surface area contributed by atoms with Crippen LogP contribution in [0.1, 0.15) is 46.4 Å². The average molecular weight is 673 g/mol. The molecule has 3 N–H and O–H groups in total. The van der Waals surface area contributed by atoms with Crippen LogP contribution in [0.3, 0.4) is 0 Å². The molecule has 2 fully saturated rings. The van der Waals surface area contributed by atoms with Crippen LogP contribution in [0.15, 0.2) is 48.8 Å². The van der Waals surface area contributed by atoms with Gasteiger partial charge in [-0.15, -0.1) is 11.3 Å². The van der Waals surface area contributed by atoms with Gasteiger partial charge in [0, 0.05) is 45.7 Å². The minimum atomic E-state index is -0.851. The summed E-state index contributed by atoms with van der Waals surface area (Å²) in [5, 5.41) is 7.72. The van der Waals surface area contributed by atoms with Gasteiger partial charge in [-0.1, -0.05) is 23.7 Å². The summed E-state index contributed by atoms with van der Waals surface area (Å²) in [6, 6.07) is 8.11. The van der Waals surface area contributed by atoms with Gasteiger partial charge in [-0.25, -0.2) is 24.0 Å². The number of nitrogens with zero attached hydrogens (tertiary/aromatic N) is 6. The van der Waals surface area contributed by atoms with Gasteiger partial charge in [0.1, 0.15) is 28.1 Å². The number of nitrogens with one attached hydrogen (secondary N) is 1. The number of anilines is 1. The molecule has 238 valence electrons. The first-order chi connectivity index (χ1) is 22.5. The monoisotopic (exact) mass is 672 g/mol. The fourth-order valence-electron chi connectivity index (χ4n) is 6.01. The van der Waals surface area contributed by atoms with E-state index in [1.165, 1.54) is 52.1 Å². The van der Waals surface area contributed by atoms with Gasteiger partial charge in [0.25, 0.3) is 5.91 Å². The van der Waals surface area contributed by atoms with Gasteiger partial charge < -0.3 is 16.0 Å². The zero-order valence-electron chi connectivity index (χ0n) is 25.0. The number of hydrogen-bond donors (Lipinski definition) is 2. The van der Waals surface area contributed by atoms with E-state index in [0.717, 1.165) is 6.42 Å². The number of primary amides is 1.